The third-order valence-electron chi connectivity index (χ3n) is 1.97. The molecule has 0 aliphatic heterocycles. The van der Waals surface area contributed by atoms with E-state index in [-0.39, 0.29) is 5.91 Å². The van der Waals surface area contributed by atoms with Crippen molar-refractivity contribution in [1.82, 2.24) is 0 Å². The van der Waals surface area contributed by atoms with Crippen LogP contribution in [0.4, 0.5) is 0 Å². The van der Waals surface area contributed by atoms with Crippen LogP contribution >= 0.6 is 0 Å². The quantitative estimate of drug-likeness (QED) is 0.472. The molecule has 0 aliphatic carbocycles. The lowest BCUT2D eigenvalue weighted by Gasteiger charge is -1.96. The highest BCUT2D eigenvalue weighted by molar-refractivity contribution is 5.89. The van der Waals surface area contributed by atoms with E-state index >= 15 is 0 Å². The monoisotopic (exact) mass is 176 g/mol. The lowest BCUT2D eigenvalue weighted by Crippen LogP contribution is -2.16. The Bertz CT molecular complexity index is 353. The Morgan fingerprint density at radius 3 is 2.69 bits per heavy atom. The molecule has 0 aliphatic rings. The van der Waals surface area contributed by atoms with E-state index in [4.69, 9.17) is 0 Å². The number of nitrogens with zero attached hydrogens (tertiary/aromatic N) is 1. The van der Waals surface area contributed by atoms with Crippen molar-refractivity contribution in [2.45, 2.75) is 13.8 Å². The van der Waals surface area contributed by atoms with Crippen molar-refractivity contribution in [3.8, 4) is 0 Å². The van der Waals surface area contributed by atoms with Gasteiger partial charge in [0.05, 0.1) is 5.56 Å². The maximum absolute atomic E-state index is 11.6. The summed E-state index contributed by atoms with van der Waals surface area (Å²) in [6, 6.07) is 7.59. The zero-order valence-electron chi connectivity index (χ0n) is 8.24. The first-order valence-corrected chi connectivity index (χ1v) is 4.28. The molecule has 0 spiro atoms. The summed E-state index contributed by atoms with van der Waals surface area (Å²) in [6.45, 7) is 3.82. The number of benzene rings is 1. The van der Waals surface area contributed by atoms with Gasteiger partial charge in [0.1, 0.15) is 13.3 Å². The Morgan fingerprint density at radius 2 is 2.15 bits per heavy atom. The summed E-state index contributed by atoms with van der Waals surface area (Å²) < 4.78 is 1.58. The van der Waals surface area contributed by atoms with Crippen LogP contribution in [0.25, 0.3) is 0 Å². The molecule has 0 bridgehead atoms. The van der Waals surface area contributed by atoms with Crippen LogP contribution in [0.1, 0.15) is 22.8 Å². The molecular weight excluding hydrogens is 162 g/mol. The van der Waals surface area contributed by atoms with Gasteiger partial charge in [0.15, 0.2) is 0 Å². The first kappa shape index (κ1) is 9.65. The standard InChI is InChI=1S/C11H14NO/c1-4-12(3)11(13)10-7-5-6-9(2)8-10/h4-8H,1-3H3/q+1. The number of amides is 1. The van der Waals surface area contributed by atoms with Gasteiger partial charge < -0.3 is 0 Å². The normalized spacial score (nSPS) is 11.5. The number of carbonyl (C=O) groups is 1. The Morgan fingerprint density at radius 1 is 1.46 bits per heavy atom. The zero-order chi connectivity index (χ0) is 9.84. The van der Waals surface area contributed by atoms with Gasteiger partial charge in [-0.25, -0.2) is 4.79 Å². The number of hydrogen-bond donors (Lipinski definition) is 0. The Hall–Kier alpha value is -1.44. The fourth-order valence-electron chi connectivity index (χ4n) is 1.10. The number of carbonyl (C=O) groups excluding carboxylic acids is 1. The van der Waals surface area contributed by atoms with Gasteiger partial charge in [-0.3, -0.25) is 0 Å². The summed E-state index contributed by atoms with van der Waals surface area (Å²) in [5, 5.41) is 0. The molecule has 68 valence electrons. The summed E-state index contributed by atoms with van der Waals surface area (Å²) in [4.78, 5) is 11.6. The highest BCUT2D eigenvalue weighted by Crippen LogP contribution is 2.04. The van der Waals surface area contributed by atoms with Gasteiger partial charge >= 0.3 is 5.91 Å². The maximum Gasteiger partial charge on any atom is 0.418 e. The minimum atomic E-state index is 0.0335. The molecule has 1 aromatic rings. The summed E-state index contributed by atoms with van der Waals surface area (Å²) in [7, 11) is 1.75. The lowest BCUT2D eigenvalue weighted by molar-refractivity contribution is -0.389. The Labute approximate surface area is 78.5 Å². The Kier molecular flexibility index (Phi) is 2.96. The first-order valence-electron chi connectivity index (χ1n) is 4.28. The molecule has 0 atom stereocenters. The predicted molar refractivity (Wildman–Crippen MR) is 53.4 cm³/mol. The van der Waals surface area contributed by atoms with E-state index in [9.17, 15) is 4.79 Å². The van der Waals surface area contributed by atoms with Crippen LogP contribution in [-0.4, -0.2) is 23.7 Å². The SMILES string of the molecule is CC=[N+](C)C(=O)c1cccc(C)c1. The zero-order valence-corrected chi connectivity index (χ0v) is 8.24. The van der Waals surface area contributed by atoms with Gasteiger partial charge in [-0.2, -0.15) is 4.58 Å². The van der Waals surface area contributed by atoms with Gasteiger partial charge in [-0.1, -0.05) is 17.7 Å². The van der Waals surface area contributed by atoms with Crippen LogP contribution in [0.3, 0.4) is 0 Å². The van der Waals surface area contributed by atoms with Gasteiger partial charge in [0, 0.05) is 6.92 Å². The van der Waals surface area contributed by atoms with E-state index in [0.29, 0.717) is 0 Å². The first-order chi connectivity index (χ1) is 6.15. The van der Waals surface area contributed by atoms with Gasteiger partial charge in [-0.05, 0) is 19.1 Å². The van der Waals surface area contributed by atoms with Crippen LogP contribution in [0.5, 0.6) is 0 Å². The second-order valence-corrected chi connectivity index (χ2v) is 3.04. The van der Waals surface area contributed by atoms with Crippen molar-refractivity contribution in [3.63, 3.8) is 0 Å². The van der Waals surface area contributed by atoms with Crippen LogP contribution in [-0.2, 0) is 0 Å². The third-order valence-corrected chi connectivity index (χ3v) is 1.97. The molecule has 0 N–H and O–H groups in total. The lowest BCUT2D eigenvalue weighted by atomic mass is 10.1. The van der Waals surface area contributed by atoms with Crippen molar-refractivity contribution < 1.29 is 9.37 Å². The summed E-state index contributed by atoms with van der Waals surface area (Å²) in [5.41, 5.74) is 1.84. The number of aryl methyl sites for hydroxylation is 1. The van der Waals surface area contributed by atoms with Gasteiger partial charge in [-0.15, -0.1) is 0 Å². The van der Waals surface area contributed by atoms with E-state index in [2.05, 4.69) is 0 Å². The fourth-order valence-corrected chi connectivity index (χ4v) is 1.10. The second kappa shape index (κ2) is 3.99. The van der Waals surface area contributed by atoms with Crippen LogP contribution in [0.2, 0.25) is 0 Å². The molecule has 1 rings (SSSR count). The van der Waals surface area contributed by atoms with Crippen molar-refractivity contribution in [3.05, 3.63) is 35.4 Å². The molecule has 13 heavy (non-hydrogen) atoms. The second-order valence-electron chi connectivity index (χ2n) is 3.04. The largest absolute Gasteiger partial charge is 0.418 e. The molecule has 0 fully saturated rings. The van der Waals surface area contributed by atoms with Gasteiger partial charge in [0.2, 0.25) is 0 Å². The maximum atomic E-state index is 11.6. The van der Waals surface area contributed by atoms with Crippen molar-refractivity contribution in [2.75, 3.05) is 7.05 Å². The van der Waals surface area contributed by atoms with E-state index in [1.54, 1.807) is 17.8 Å². The summed E-state index contributed by atoms with van der Waals surface area (Å²) >= 11 is 0. The van der Waals surface area contributed by atoms with Crippen molar-refractivity contribution >= 4 is 12.1 Å². The topological polar surface area (TPSA) is 20.1 Å². The molecule has 0 radical (unpaired) electrons. The van der Waals surface area contributed by atoms with E-state index in [1.165, 1.54) is 0 Å². The molecule has 2 nitrogen and oxygen atoms in total. The molecule has 0 saturated carbocycles. The highest BCUT2D eigenvalue weighted by atomic mass is 16.2. The average Bonchev–Trinajstić information content (AvgIpc) is 2.15. The van der Waals surface area contributed by atoms with Crippen molar-refractivity contribution in [1.29, 1.82) is 0 Å². The molecular formula is C11H14NO+. The molecule has 2 heteroatoms. The third kappa shape index (κ3) is 2.25. The van der Waals surface area contributed by atoms with E-state index in [0.717, 1.165) is 11.1 Å². The predicted octanol–water partition coefficient (Wildman–Crippen LogP) is 1.87. The minimum Gasteiger partial charge on any atom is -0.214 e. The van der Waals surface area contributed by atoms with Crippen LogP contribution in [0.15, 0.2) is 24.3 Å². The molecule has 1 amide bonds. The van der Waals surface area contributed by atoms with Crippen molar-refractivity contribution in [2.24, 2.45) is 0 Å². The van der Waals surface area contributed by atoms with Crippen LogP contribution < -0.4 is 0 Å². The smallest absolute Gasteiger partial charge is 0.214 e. The van der Waals surface area contributed by atoms with Crippen LogP contribution in [0, 0.1) is 6.92 Å². The Balaban J connectivity index is 3.03. The molecule has 0 unspecified atom stereocenters. The fraction of sp³-hybridized carbons (Fsp3) is 0.273. The highest BCUT2D eigenvalue weighted by Gasteiger charge is 2.13. The summed E-state index contributed by atoms with van der Waals surface area (Å²) in [5.74, 6) is 0.0335. The van der Waals surface area contributed by atoms with E-state index in [1.807, 2.05) is 38.1 Å². The minimum absolute atomic E-state index is 0.0335. The molecule has 0 heterocycles. The molecule has 1 aromatic carbocycles. The average molecular weight is 176 g/mol. The van der Waals surface area contributed by atoms with Gasteiger partial charge in [0.25, 0.3) is 0 Å². The number of hydrogen-bond acceptors (Lipinski definition) is 1. The summed E-state index contributed by atoms with van der Waals surface area (Å²) in [6.07, 6.45) is 1.75. The molecule has 0 aromatic heterocycles. The molecule has 0 saturated heterocycles. The number of rotatable bonds is 1. The van der Waals surface area contributed by atoms with E-state index < -0.39 is 0 Å².